The van der Waals surface area contributed by atoms with E-state index < -0.39 is 5.60 Å². The minimum atomic E-state index is -1.04. The Balaban J connectivity index is 2.33. The van der Waals surface area contributed by atoms with Crippen LogP contribution >= 0.6 is 0 Å². The Morgan fingerprint density at radius 1 is 1.42 bits per heavy atom. The molecule has 3 rings (SSSR count). The average Bonchev–Trinajstić information content (AvgIpc) is 1.93. The Bertz CT molecular complexity index is 240. The molecule has 1 unspecified atom stereocenters. The number of hydrogen-bond donors (Lipinski definition) is 1. The van der Waals surface area contributed by atoms with Crippen LogP contribution in [0.4, 0.5) is 0 Å². The lowest BCUT2D eigenvalue weighted by Gasteiger charge is -2.61. The van der Waals surface area contributed by atoms with Crippen molar-refractivity contribution >= 4 is 5.78 Å². The maximum Gasteiger partial charge on any atom is 0.164 e. The quantitative estimate of drug-likeness (QED) is 0.593. The fraction of sp³-hybridized carbons (Fsp3) is 0.900. The normalized spacial score (nSPS) is 50.2. The van der Waals surface area contributed by atoms with Gasteiger partial charge in [0.2, 0.25) is 0 Å². The van der Waals surface area contributed by atoms with Crippen LogP contribution < -0.4 is 0 Å². The standard InChI is InChI=1S/C10H16O2/c1-9(2)6-4-7(9)10(3,12)8(11)5-6/h6-7,12H,4-5H2,1-3H3/t6?,7-,10-/m1/s1. The van der Waals surface area contributed by atoms with Gasteiger partial charge in [-0.05, 0) is 24.7 Å². The number of fused-ring (bicyclic) bond motifs is 2. The van der Waals surface area contributed by atoms with Crippen LogP contribution in [0.25, 0.3) is 0 Å². The molecule has 2 bridgehead atoms. The number of Topliss-reactive ketones (excluding diaryl/α,β-unsaturated/α-hetero) is 1. The summed E-state index contributed by atoms with van der Waals surface area (Å²) < 4.78 is 0. The SMILES string of the molecule is CC1(C)C2CC(=O)[C@](C)(O)[C@@H]1C2. The molecule has 0 radical (unpaired) electrons. The lowest BCUT2D eigenvalue weighted by molar-refractivity contribution is -0.196. The van der Waals surface area contributed by atoms with Crippen LogP contribution in [0.2, 0.25) is 0 Å². The molecule has 0 aromatic heterocycles. The second kappa shape index (κ2) is 1.92. The first-order valence-electron chi connectivity index (χ1n) is 4.62. The van der Waals surface area contributed by atoms with Crippen molar-refractivity contribution in [1.82, 2.24) is 0 Å². The van der Waals surface area contributed by atoms with Gasteiger partial charge in [-0.2, -0.15) is 0 Å². The molecular formula is C10H16O2. The van der Waals surface area contributed by atoms with Crippen molar-refractivity contribution in [3.8, 4) is 0 Å². The van der Waals surface area contributed by atoms with Gasteiger partial charge >= 0.3 is 0 Å². The van der Waals surface area contributed by atoms with Gasteiger partial charge in [-0.25, -0.2) is 0 Å². The van der Waals surface area contributed by atoms with Crippen molar-refractivity contribution in [1.29, 1.82) is 0 Å². The Kier molecular flexibility index (Phi) is 1.32. The number of aliphatic hydroxyl groups is 1. The highest BCUT2D eigenvalue weighted by Gasteiger charge is 2.62. The average molecular weight is 168 g/mol. The van der Waals surface area contributed by atoms with Crippen LogP contribution in [-0.4, -0.2) is 16.5 Å². The van der Waals surface area contributed by atoms with Crippen molar-refractivity contribution in [3.05, 3.63) is 0 Å². The molecule has 0 aliphatic heterocycles. The summed E-state index contributed by atoms with van der Waals surface area (Å²) >= 11 is 0. The molecule has 1 N–H and O–H groups in total. The van der Waals surface area contributed by atoms with E-state index in [1.54, 1.807) is 6.92 Å². The maximum absolute atomic E-state index is 11.4. The molecule has 0 saturated heterocycles. The van der Waals surface area contributed by atoms with Gasteiger partial charge in [-0.15, -0.1) is 0 Å². The molecule has 2 heteroatoms. The van der Waals surface area contributed by atoms with Crippen molar-refractivity contribution < 1.29 is 9.90 Å². The van der Waals surface area contributed by atoms with E-state index >= 15 is 0 Å². The van der Waals surface area contributed by atoms with Crippen LogP contribution in [0.3, 0.4) is 0 Å². The number of rotatable bonds is 0. The predicted molar refractivity (Wildman–Crippen MR) is 45.6 cm³/mol. The molecule has 2 nitrogen and oxygen atoms in total. The number of hydrogen-bond acceptors (Lipinski definition) is 2. The van der Waals surface area contributed by atoms with Gasteiger partial charge in [0, 0.05) is 12.3 Å². The van der Waals surface area contributed by atoms with E-state index in [1.165, 1.54) is 0 Å². The van der Waals surface area contributed by atoms with Gasteiger partial charge in [0.25, 0.3) is 0 Å². The molecule has 3 saturated carbocycles. The summed E-state index contributed by atoms with van der Waals surface area (Å²) in [5, 5.41) is 9.94. The van der Waals surface area contributed by atoms with E-state index in [0.717, 1.165) is 6.42 Å². The Labute approximate surface area is 73.0 Å². The molecule has 3 aliphatic rings. The molecule has 3 aliphatic carbocycles. The van der Waals surface area contributed by atoms with Gasteiger partial charge < -0.3 is 5.11 Å². The van der Waals surface area contributed by atoms with Crippen LogP contribution in [0.1, 0.15) is 33.6 Å². The third kappa shape index (κ3) is 0.717. The van der Waals surface area contributed by atoms with E-state index in [-0.39, 0.29) is 17.1 Å². The first-order valence-corrected chi connectivity index (χ1v) is 4.62. The van der Waals surface area contributed by atoms with Crippen molar-refractivity contribution in [2.45, 2.75) is 39.2 Å². The van der Waals surface area contributed by atoms with E-state index in [2.05, 4.69) is 13.8 Å². The second-order valence-electron chi connectivity index (χ2n) is 5.08. The van der Waals surface area contributed by atoms with Gasteiger partial charge in [-0.1, -0.05) is 13.8 Å². The Hall–Kier alpha value is -0.370. The van der Waals surface area contributed by atoms with Gasteiger partial charge in [0.05, 0.1) is 0 Å². The van der Waals surface area contributed by atoms with Gasteiger partial charge in [0.15, 0.2) is 5.78 Å². The van der Waals surface area contributed by atoms with Crippen molar-refractivity contribution in [2.24, 2.45) is 17.3 Å². The van der Waals surface area contributed by atoms with Crippen molar-refractivity contribution in [3.63, 3.8) is 0 Å². The maximum atomic E-state index is 11.4. The van der Waals surface area contributed by atoms with Gasteiger partial charge in [-0.3, -0.25) is 4.79 Å². The summed E-state index contributed by atoms with van der Waals surface area (Å²) in [6, 6.07) is 0. The molecule has 0 spiro atoms. The smallest absolute Gasteiger partial charge is 0.164 e. The fourth-order valence-corrected chi connectivity index (χ4v) is 2.94. The topological polar surface area (TPSA) is 37.3 Å². The summed E-state index contributed by atoms with van der Waals surface area (Å²) in [6.45, 7) is 6.00. The van der Waals surface area contributed by atoms with Crippen LogP contribution in [0, 0.1) is 17.3 Å². The van der Waals surface area contributed by atoms with Gasteiger partial charge in [0.1, 0.15) is 5.60 Å². The van der Waals surface area contributed by atoms with Crippen LogP contribution in [-0.2, 0) is 4.79 Å². The molecule has 3 fully saturated rings. The molecule has 0 aromatic carbocycles. The van der Waals surface area contributed by atoms with Crippen LogP contribution in [0.15, 0.2) is 0 Å². The lowest BCUT2D eigenvalue weighted by Crippen LogP contribution is -2.64. The first kappa shape index (κ1) is 8.24. The summed E-state index contributed by atoms with van der Waals surface area (Å²) in [4.78, 5) is 11.4. The largest absolute Gasteiger partial charge is 0.382 e. The molecular weight excluding hydrogens is 152 g/mol. The highest BCUT2D eigenvalue weighted by atomic mass is 16.3. The predicted octanol–water partition coefficient (Wildman–Crippen LogP) is 1.37. The monoisotopic (exact) mass is 168 g/mol. The van der Waals surface area contributed by atoms with Crippen molar-refractivity contribution in [2.75, 3.05) is 0 Å². The Morgan fingerprint density at radius 3 is 2.33 bits per heavy atom. The fourth-order valence-electron chi connectivity index (χ4n) is 2.94. The number of carbonyl (C=O) groups excluding carboxylic acids is 1. The summed E-state index contributed by atoms with van der Waals surface area (Å²) in [5.41, 5.74) is -0.865. The zero-order valence-corrected chi connectivity index (χ0v) is 7.92. The van der Waals surface area contributed by atoms with E-state index in [4.69, 9.17) is 0 Å². The third-order valence-electron chi connectivity index (χ3n) is 4.15. The second-order valence-corrected chi connectivity index (χ2v) is 5.08. The molecule has 0 heterocycles. The molecule has 12 heavy (non-hydrogen) atoms. The third-order valence-corrected chi connectivity index (χ3v) is 4.15. The van der Waals surface area contributed by atoms with E-state index in [0.29, 0.717) is 12.3 Å². The molecule has 3 atom stereocenters. The highest BCUT2D eigenvalue weighted by Crippen LogP contribution is 2.61. The summed E-state index contributed by atoms with van der Waals surface area (Å²) in [7, 11) is 0. The Morgan fingerprint density at radius 2 is 2.00 bits per heavy atom. The summed E-state index contributed by atoms with van der Waals surface area (Å²) in [6.07, 6.45) is 1.61. The van der Waals surface area contributed by atoms with E-state index in [1.807, 2.05) is 0 Å². The lowest BCUT2D eigenvalue weighted by atomic mass is 9.44. The molecule has 0 amide bonds. The minimum absolute atomic E-state index is 0.0445. The van der Waals surface area contributed by atoms with E-state index in [9.17, 15) is 9.90 Å². The number of carbonyl (C=O) groups is 1. The van der Waals surface area contributed by atoms with Crippen LogP contribution in [0.5, 0.6) is 0 Å². The summed E-state index contributed by atoms with van der Waals surface area (Å²) in [5.74, 6) is 0.759. The molecule has 68 valence electrons. The minimum Gasteiger partial charge on any atom is -0.382 e. The zero-order chi connectivity index (χ0) is 9.15. The number of ketones is 1. The zero-order valence-electron chi connectivity index (χ0n) is 7.92. The highest BCUT2D eigenvalue weighted by molar-refractivity contribution is 5.89. The molecule has 0 aromatic rings. The first-order chi connectivity index (χ1) is 5.37.